The fourth-order valence-corrected chi connectivity index (χ4v) is 4.50. The van der Waals surface area contributed by atoms with E-state index in [4.69, 9.17) is 18.9 Å². The van der Waals surface area contributed by atoms with Gasteiger partial charge in [-0.3, -0.25) is 0 Å². The lowest BCUT2D eigenvalue weighted by Crippen LogP contribution is -2.12. The lowest BCUT2D eigenvalue weighted by molar-refractivity contribution is 0.209. The lowest BCUT2D eigenvalue weighted by atomic mass is 10.0. The summed E-state index contributed by atoms with van der Waals surface area (Å²) < 4.78 is 167. The number of hydrogen-bond donors (Lipinski definition) is 0. The Hall–Kier alpha value is -4.88. The molecule has 0 heterocycles. The van der Waals surface area contributed by atoms with Crippen molar-refractivity contribution in [1.29, 1.82) is 0 Å². The van der Waals surface area contributed by atoms with Crippen molar-refractivity contribution in [3.8, 4) is 34.5 Å². The predicted molar refractivity (Wildman–Crippen MR) is 146 cm³/mol. The van der Waals surface area contributed by atoms with Gasteiger partial charge in [-0.2, -0.15) is 26.3 Å². The van der Waals surface area contributed by atoms with Crippen LogP contribution in [0, 0.1) is 58.2 Å². The largest absolute Gasteiger partial charge is 0.487 e. The van der Waals surface area contributed by atoms with E-state index in [0.717, 1.165) is 18.2 Å². The quantitative estimate of drug-likeness (QED) is 0.0945. The van der Waals surface area contributed by atoms with Crippen LogP contribution in [0.2, 0.25) is 0 Å². The summed E-state index contributed by atoms with van der Waals surface area (Å²) in [5.74, 6) is -26.1. The maximum atomic E-state index is 15.0. The Balaban J connectivity index is 1.60. The van der Waals surface area contributed by atoms with Crippen molar-refractivity contribution in [3.05, 3.63) is 94.6 Å². The summed E-state index contributed by atoms with van der Waals surface area (Å²) in [6.07, 6.45) is -1.76. The molecule has 4 nitrogen and oxygen atoms in total. The van der Waals surface area contributed by atoms with E-state index in [1.54, 1.807) is 0 Å². The molecule has 0 bridgehead atoms. The normalized spacial score (nSPS) is 11.7. The summed E-state index contributed by atoms with van der Waals surface area (Å²) in [5, 5.41) is -2.08. The third kappa shape index (κ3) is 5.56. The molecule has 0 saturated carbocycles. The van der Waals surface area contributed by atoms with Gasteiger partial charge in [0, 0.05) is 0 Å². The highest BCUT2D eigenvalue weighted by atomic mass is 19.2. The maximum absolute atomic E-state index is 15.0. The zero-order chi connectivity index (χ0) is 33.8. The topological polar surface area (TPSA) is 36.9 Å². The van der Waals surface area contributed by atoms with Crippen LogP contribution in [-0.4, -0.2) is 12.2 Å². The fraction of sp³-hybridized carbons (Fsp3) is 0.188. The minimum atomic E-state index is -2.20. The minimum absolute atomic E-state index is 0.102. The Labute approximate surface area is 253 Å². The molecule has 242 valence electrons. The summed E-state index contributed by atoms with van der Waals surface area (Å²) in [6, 6.07) is 7.23. The lowest BCUT2D eigenvalue weighted by Gasteiger charge is -2.18. The number of hydrogen-bond acceptors (Lipinski definition) is 4. The second-order valence-corrected chi connectivity index (χ2v) is 10.4. The molecule has 0 aliphatic rings. The van der Waals surface area contributed by atoms with Crippen LogP contribution in [0.15, 0.2) is 36.4 Å². The molecule has 5 aromatic rings. The number of rotatable bonds is 8. The molecule has 14 heteroatoms. The zero-order valence-corrected chi connectivity index (χ0v) is 24.0. The molecule has 5 aromatic carbocycles. The Bertz CT molecular complexity index is 2000. The van der Waals surface area contributed by atoms with Gasteiger partial charge in [0.25, 0.3) is 0 Å². The van der Waals surface area contributed by atoms with E-state index in [1.165, 1.54) is 45.9 Å². The second kappa shape index (κ2) is 12.1. The standard InChI is InChI=1S/C32H20F10O4/c1-11(2)43-29-17-18(20(34)21(35)23(29)37)30(24(38)22(36)19(17)33)45-15-7-5-13-6-8-16(10-14(13)9-15)46-32-27(41)25(39)31(44-12(3)4)26(40)28(32)42/h5-12H,1-4H3. The van der Waals surface area contributed by atoms with Crippen LogP contribution in [-0.2, 0) is 0 Å². The molecule has 0 radical (unpaired) electrons. The zero-order valence-electron chi connectivity index (χ0n) is 24.0. The average molecular weight is 658 g/mol. The average Bonchev–Trinajstić information content (AvgIpc) is 3.01. The number of fused-ring (bicyclic) bond motifs is 2. The van der Waals surface area contributed by atoms with Crippen molar-refractivity contribution in [2.75, 3.05) is 0 Å². The van der Waals surface area contributed by atoms with Crippen molar-refractivity contribution in [3.63, 3.8) is 0 Å². The molecule has 0 saturated heterocycles. The minimum Gasteiger partial charge on any atom is -0.487 e. The van der Waals surface area contributed by atoms with Gasteiger partial charge in [0.05, 0.1) is 23.0 Å². The molecular weight excluding hydrogens is 638 g/mol. The van der Waals surface area contributed by atoms with E-state index in [2.05, 4.69) is 0 Å². The van der Waals surface area contributed by atoms with Crippen molar-refractivity contribution in [2.24, 2.45) is 0 Å². The van der Waals surface area contributed by atoms with Crippen molar-refractivity contribution in [1.82, 2.24) is 0 Å². The first-order valence-electron chi connectivity index (χ1n) is 13.4. The van der Waals surface area contributed by atoms with Crippen LogP contribution < -0.4 is 18.9 Å². The highest BCUT2D eigenvalue weighted by molar-refractivity contribution is 5.95. The van der Waals surface area contributed by atoms with Crippen molar-refractivity contribution >= 4 is 21.5 Å². The first-order valence-corrected chi connectivity index (χ1v) is 13.4. The van der Waals surface area contributed by atoms with Gasteiger partial charge >= 0.3 is 0 Å². The number of ether oxygens (including phenoxy) is 4. The van der Waals surface area contributed by atoms with Gasteiger partial charge in [0.2, 0.25) is 40.7 Å². The predicted octanol–water partition coefficient (Wildman–Crippen LogP) is 10.5. The van der Waals surface area contributed by atoms with Crippen molar-refractivity contribution < 1.29 is 62.9 Å². The summed E-state index contributed by atoms with van der Waals surface area (Å²) in [7, 11) is 0. The van der Waals surface area contributed by atoms with Crippen LogP contribution in [0.3, 0.4) is 0 Å². The molecule has 0 spiro atoms. The molecule has 46 heavy (non-hydrogen) atoms. The van der Waals surface area contributed by atoms with E-state index in [9.17, 15) is 35.1 Å². The van der Waals surface area contributed by atoms with Crippen molar-refractivity contribution in [2.45, 2.75) is 39.9 Å². The van der Waals surface area contributed by atoms with Crippen LogP contribution >= 0.6 is 0 Å². The fourth-order valence-electron chi connectivity index (χ4n) is 4.50. The molecule has 0 unspecified atom stereocenters. The second-order valence-electron chi connectivity index (χ2n) is 10.4. The molecular formula is C32H20F10O4. The molecule has 0 amide bonds. The molecule has 0 aromatic heterocycles. The van der Waals surface area contributed by atoms with E-state index in [0.29, 0.717) is 5.39 Å². The molecule has 0 atom stereocenters. The first kappa shape index (κ1) is 32.5. The summed E-state index contributed by atoms with van der Waals surface area (Å²) in [6.45, 7) is 5.42. The highest BCUT2D eigenvalue weighted by Gasteiger charge is 2.33. The number of halogens is 10. The van der Waals surface area contributed by atoms with Crippen LogP contribution in [0.4, 0.5) is 43.9 Å². The third-order valence-electron chi connectivity index (χ3n) is 6.43. The van der Waals surface area contributed by atoms with Crippen LogP contribution in [0.1, 0.15) is 27.7 Å². The first-order chi connectivity index (χ1) is 21.6. The van der Waals surface area contributed by atoms with E-state index in [1.807, 2.05) is 0 Å². The SMILES string of the molecule is CC(C)Oc1c(F)c(F)c(Oc2ccc3ccc(Oc4c(F)c(F)c(F)c5c(OC(C)C)c(F)c(F)c(F)c45)cc3c2)c(F)c1F. The molecule has 0 aliphatic heterocycles. The monoisotopic (exact) mass is 658 g/mol. The summed E-state index contributed by atoms with van der Waals surface area (Å²) >= 11 is 0. The highest BCUT2D eigenvalue weighted by Crippen LogP contribution is 2.45. The van der Waals surface area contributed by atoms with Gasteiger partial charge in [-0.25, -0.2) is 17.6 Å². The Kier molecular flexibility index (Phi) is 8.58. The van der Waals surface area contributed by atoms with Gasteiger partial charge < -0.3 is 18.9 Å². The summed E-state index contributed by atoms with van der Waals surface area (Å²) in [4.78, 5) is 0. The van der Waals surface area contributed by atoms with Crippen LogP contribution in [0.25, 0.3) is 21.5 Å². The third-order valence-corrected chi connectivity index (χ3v) is 6.43. The van der Waals surface area contributed by atoms with E-state index >= 15 is 8.78 Å². The number of benzene rings is 5. The van der Waals surface area contributed by atoms with Gasteiger partial charge in [0.1, 0.15) is 11.5 Å². The molecule has 0 aliphatic carbocycles. The van der Waals surface area contributed by atoms with Gasteiger partial charge in [-0.15, -0.1) is 0 Å². The Morgan fingerprint density at radius 1 is 0.391 bits per heavy atom. The smallest absolute Gasteiger partial charge is 0.208 e. The van der Waals surface area contributed by atoms with Gasteiger partial charge in [-0.05, 0) is 62.7 Å². The van der Waals surface area contributed by atoms with Gasteiger partial charge in [-0.1, -0.05) is 12.1 Å². The molecule has 5 rings (SSSR count). The van der Waals surface area contributed by atoms with E-state index in [-0.39, 0.29) is 11.1 Å². The van der Waals surface area contributed by atoms with Crippen LogP contribution in [0.5, 0.6) is 34.5 Å². The van der Waals surface area contributed by atoms with E-state index < -0.39 is 110 Å². The summed E-state index contributed by atoms with van der Waals surface area (Å²) in [5.41, 5.74) is 0. The maximum Gasteiger partial charge on any atom is 0.208 e. The van der Waals surface area contributed by atoms with Gasteiger partial charge in [0.15, 0.2) is 40.5 Å². The molecule has 0 N–H and O–H groups in total. The molecule has 0 fully saturated rings. The Morgan fingerprint density at radius 2 is 0.761 bits per heavy atom. The Morgan fingerprint density at radius 3 is 1.24 bits per heavy atom.